The third-order valence-corrected chi connectivity index (χ3v) is 5.78. The fourth-order valence-electron chi connectivity index (χ4n) is 4.00. The van der Waals surface area contributed by atoms with Crippen molar-refractivity contribution in [3.63, 3.8) is 0 Å². The Morgan fingerprint density at radius 1 is 1.09 bits per heavy atom. The molecule has 2 heterocycles. The summed E-state index contributed by atoms with van der Waals surface area (Å²) in [5.74, 6) is -1.42. The second-order valence-corrected chi connectivity index (χ2v) is 8.08. The lowest BCUT2D eigenvalue weighted by Crippen LogP contribution is -2.44. The molecule has 3 aromatic rings. The van der Waals surface area contributed by atoms with Crippen LogP contribution in [0.15, 0.2) is 36.5 Å². The van der Waals surface area contributed by atoms with Crippen LogP contribution in [0.4, 0.5) is 25.8 Å². The number of likely N-dealkylation sites (N-methyl/N-ethyl adjacent to an activating group) is 1. The van der Waals surface area contributed by atoms with Gasteiger partial charge in [0, 0.05) is 43.8 Å². The van der Waals surface area contributed by atoms with E-state index in [1.165, 1.54) is 12.3 Å². The number of rotatable bonds is 7. The Morgan fingerprint density at radius 2 is 1.85 bits per heavy atom. The minimum absolute atomic E-state index is 0.0283. The highest BCUT2D eigenvalue weighted by Gasteiger charge is 2.23. The standard InChI is InChI=1S/C25H28F2N4O3/c1-4-33-23-13-17-21(14-22(23)31-10-8-30(3)9-11-31)28-15-18(25(32)34-5-2)24(17)29-20-7-6-16(26)12-19(20)27/h6-7,12-15H,4-5,8-11H2,1-3H3,(H,28,29). The Hall–Kier alpha value is -3.46. The number of hydrogen-bond acceptors (Lipinski definition) is 7. The largest absolute Gasteiger partial charge is 0.492 e. The van der Waals surface area contributed by atoms with Crippen LogP contribution < -0.4 is 15.0 Å². The Morgan fingerprint density at radius 3 is 2.53 bits per heavy atom. The number of piperazine rings is 1. The molecule has 0 amide bonds. The van der Waals surface area contributed by atoms with E-state index in [2.05, 4.69) is 27.1 Å². The van der Waals surface area contributed by atoms with Crippen molar-refractivity contribution in [2.45, 2.75) is 13.8 Å². The predicted molar refractivity (Wildman–Crippen MR) is 128 cm³/mol. The molecule has 0 radical (unpaired) electrons. The SMILES string of the molecule is CCOC(=O)c1cnc2cc(N3CCN(C)CC3)c(OCC)cc2c1Nc1ccc(F)cc1F. The first-order valence-electron chi connectivity index (χ1n) is 11.3. The average Bonchev–Trinajstić information content (AvgIpc) is 2.81. The van der Waals surface area contributed by atoms with Gasteiger partial charge in [0.25, 0.3) is 0 Å². The lowest BCUT2D eigenvalue weighted by atomic mass is 10.1. The molecule has 0 bridgehead atoms. The highest BCUT2D eigenvalue weighted by Crippen LogP contribution is 2.38. The van der Waals surface area contributed by atoms with Crippen LogP contribution in [0.2, 0.25) is 0 Å². The molecule has 9 heteroatoms. The van der Waals surface area contributed by atoms with Gasteiger partial charge in [-0.15, -0.1) is 0 Å². The number of carbonyl (C=O) groups excluding carboxylic acids is 1. The zero-order valence-electron chi connectivity index (χ0n) is 19.5. The lowest BCUT2D eigenvalue weighted by Gasteiger charge is -2.35. The predicted octanol–water partition coefficient (Wildman–Crippen LogP) is 4.58. The van der Waals surface area contributed by atoms with E-state index in [0.717, 1.165) is 44.0 Å². The monoisotopic (exact) mass is 470 g/mol. The van der Waals surface area contributed by atoms with Gasteiger partial charge in [0.1, 0.15) is 22.9 Å². The summed E-state index contributed by atoms with van der Waals surface area (Å²) in [4.78, 5) is 21.7. The van der Waals surface area contributed by atoms with E-state index in [0.29, 0.717) is 28.9 Å². The number of carbonyl (C=O) groups is 1. The Kier molecular flexibility index (Phi) is 7.12. The summed E-state index contributed by atoms with van der Waals surface area (Å²) in [6.07, 6.45) is 1.41. The van der Waals surface area contributed by atoms with Crippen molar-refractivity contribution >= 4 is 33.9 Å². The van der Waals surface area contributed by atoms with Gasteiger partial charge in [0.05, 0.1) is 35.8 Å². The van der Waals surface area contributed by atoms with Gasteiger partial charge in [-0.2, -0.15) is 0 Å². The van der Waals surface area contributed by atoms with E-state index < -0.39 is 17.6 Å². The van der Waals surface area contributed by atoms with Crippen molar-refractivity contribution in [3.8, 4) is 5.75 Å². The van der Waals surface area contributed by atoms with Gasteiger partial charge in [-0.25, -0.2) is 13.6 Å². The summed E-state index contributed by atoms with van der Waals surface area (Å²) >= 11 is 0. The molecule has 1 aromatic heterocycles. The maximum atomic E-state index is 14.5. The highest BCUT2D eigenvalue weighted by molar-refractivity contribution is 6.07. The van der Waals surface area contributed by atoms with Crippen molar-refractivity contribution in [2.75, 3.05) is 56.7 Å². The third kappa shape index (κ3) is 4.89. The number of fused-ring (bicyclic) bond motifs is 1. The number of hydrogen-bond donors (Lipinski definition) is 1. The van der Waals surface area contributed by atoms with Gasteiger partial charge in [-0.05, 0) is 45.2 Å². The summed E-state index contributed by atoms with van der Waals surface area (Å²) < 4.78 is 39.1. The molecule has 7 nitrogen and oxygen atoms in total. The molecule has 1 saturated heterocycles. The minimum atomic E-state index is -0.779. The summed E-state index contributed by atoms with van der Waals surface area (Å²) in [6, 6.07) is 6.95. The number of nitrogens with zero attached hydrogens (tertiary/aromatic N) is 3. The van der Waals surface area contributed by atoms with Gasteiger partial charge in [-0.1, -0.05) is 0 Å². The van der Waals surface area contributed by atoms with Gasteiger partial charge < -0.3 is 24.6 Å². The molecule has 2 aromatic carbocycles. The number of ether oxygens (including phenoxy) is 2. The molecule has 0 spiro atoms. The normalized spacial score (nSPS) is 14.3. The van der Waals surface area contributed by atoms with E-state index in [-0.39, 0.29) is 17.9 Å². The van der Waals surface area contributed by atoms with Crippen LogP contribution in [0.1, 0.15) is 24.2 Å². The molecule has 1 aliphatic rings. The van der Waals surface area contributed by atoms with Gasteiger partial charge in [0.2, 0.25) is 0 Å². The van der Waals surface area contributed by atoms with Crippen LogP contribution in [0.25, 0.3) is 10.9 Å². The smallest absolute Gasteiger partial charge is 0.341 e. The number of nitrogens with one attached hydrogen (secondary N) is 1. The van der Waals surface area contributed by atoms with Gasteiger partial charge in [0.15, 0.2) is 0 Å². The molecule has 4 rings (SSSR count). The van der Waals surface area contributed by atoms with Crippen molar-refractivity contribution in [1.82, 2.24) is 9.88 Å². The number of halogens is 2. The Balaban J connectivity index is 1.87. The van der Waals surface area contributed by atoms with E-state index in [4.69, 9.17) is 9.47 Å². The molecule has 0 saturated carbocycles. The fourth-order valence-corrected chi connectivity index (χ4v) is 4.00. The summed E-state index contributed by atoms with van der Waals surface area (Å²) in [6.45, 7) is 7.77. The number of anilines is 3. The number of aromatic nitrogens is 1. The first-order chi connectivity index (χ1) is 16.4. The van der Waals surface area contributed by atoms with E-state index in [9.17, 15) is 13.6 Å². The van der Waals surface area contributed by atoms with Crippen LogP contribution in [0, 0.1) is 11.6 Å². The van der Waals surface area contributed by atoms with Crippen LogP contribution in [0.5, 0.6) is 5.75 Å². The minimum Gasteiger partial charge on any atom is -0.492 e. The molecule has 0 atom stereocenters. The van der Waals surface area contributed by atoms with Crippen molar-refractivity contribution in [2.24, 2.45) is 0 Å². The van der Waals surface area contributed by atoms with Crippen LogP contribution in [0.3, 0.4) is 0 Å². The molecule has 34 heavy (non-hydrogen) atoms. The number of esters is 1. The average molecular weight is 471 g/mol. The van der Waals surface area contributed by atoms with Crippen LogP contribution in [-0.2, 0) is 4.74 Å². The quantitative estimate of drug-likeness (QED) is 0.507. The molecule has 0 unspecified atom stereocenters. The first-order valence-corrected chi connectivity index (χ1v) is 11.3. The van der Waals surface area contributed by atoms with Crippen molar-refractivity contribution < 1.29 is 23.0 Å². The van der Waals surface area contributed by atoms with Crippen molar-refractivity contribution in [3.05, 3.63) is 53.7 Å². The molecule has 1 N–H and O–H groups in total. The number of benzene rings is 2. The maximum Gasteiger partial charge on any atom is 0.341 e. The first kappa shape index (κ1) is 23.7. The molecule has 1 fully saturated rings. The summed E-state index contributed by atoms with van der Waals surface area (Å²) in [7, 11) is 2.09. The zero-order chi connectivity index (χ0) is 24.2. The number of pyridine rings is 1. The molecule has 1 aliphatic heterocycles. The van der Waals surface area contributed by atoms with Crippen LogP contribution >= 0.6 is 0 Å². The lowest BCUT2D eigenvalue weighted by molar-refractivity contribution is 0.0527. The zero-order valence-corrected chi connectivity index (χ0v) is 19.5. The highest BCUT2D eigenvalue weighted by atomic mass is 19.1. The van der Waals surface area contributed by atoms with E-state index in [1.807, 2.05) is 19.1 Å². The topological polar surface area (TPSA) is 66.9 Å². The van der Waals surface area contributed by atoms with Crippen molar-refractivity contribution in [1.29, 1.82) is 0 Å². The second-order valence-electron chi connectivity index (χ2n) is 8.08. The second kappa shape index (κ2) is 10.2. The van der Waals surface area contributed by atoms with E-state index >= 15 is 0 Å². The Labute approximate surface area is 197 Å². The molecular weight excluding hydrogens is 442 g/mol. The fraction of sp³-hybridized carbons (Fsp3) is 0.360. The third-order valence-electron chi connectivity index (χ3n) is 5.78. The summed E-state index contributed by atoms with van der Waals surface area (Å²) in [5.41, 5.74) is 2.02. The van der Waals surface area contributed by atoms with Crippen LogP contribution in [-0.4, -0.2) is 62.3 Å². The van der Waals surface area contributed by atoms with Gasteiger partial charge >= 0.3 is 5.97 Å². The van der Waals surface area contributed by atoms with Gasteiger partial charge in [-0.3, -0.25) is 4.98 Å². The summed E-state index contributed by atoms with van der Waals surface area (Å²) in [5, 5.41) is 3.53. The molecule has 180 valence electrons. The molecule has 0 aliphatic carbocycles. The molecular formula is C25H28F2N4O3. The van der Waals surface area contributed by atoms with E-state index in [1.54, 1.807) is 6.92 Å². The maximum absolute atomic E-state index is 14.5. The Bertz CT molecular complexity index is 1200.